The maximum atomic E-state index is 13.4. The summed E-state index contributed by atoms with van der Waals surface area (Å²) in [5.41, 5.74) is 0. The van der Waals surface area contributed by atoms with Gasteiger partial charge in [-0.1, -0.05) is 0 Å². The first-order valence-electron chi connectivity index (χ1n) is 4.56. The van der Waals surface area contributed by atoms with Crippen molar-refractivity contribution in [1.82, 2.24) is 0 Å². The molecule has 0 aromatic heterocycles. The number of alkyl halides is 2. The lowest BCUT2D eigenvalue weighted by molar-refractivity contribution is -0.207. The molecule has 2 atom stereocenters. The molecule has 0 unspecified atom stereocenters. The van der Waals surface area contributed by atoms with Gasteiger partial charge in [-0.2, -0.15) is 8.78 Å². The number of ketones is 1. The molecule has 0 spiro atoms. The highest BCUT2D eigenvalue weighted by Gasteiger charge is 2.60. The molecule has 1 rings (SSSR count). The summed E-state index contributed by atoms with van der Waals surface area (Å²) in [6.45, 7) is 1.23. The number of phosphoric ester groups is 1. The van der Waals surface area contributed by atoms with Gasteiger partial charge in [0.25, 0.3) is 0 Å². The Morgan fingerprint density at radius 2 is 1.88 bits per heavy atom. The van der Waals surface area contributed by atoms with E-state index in [4.69, 9.17) is 0 Å². The Morgan fingerprint density at radius 3 is 2.19 bits per heavy atom. The smallest absolute Gasteiger partial charge is 0.300 e. The standard InChI is InChI=1S/C8H13F2O5P/c1-5(11)6-4-7(6)8(9,10)15-16(12,13-2)14-3/h6-7H,4H2,1-3H3/t6-,7+/m1/s1. The lowest BCUT2D eigenvalue weighted by atomic mass is 10.2. The third kappa shape index (κ3) is 2.85. The lowest BCUT2D eigenvalue weighted by Crippen LogP contribution is -2.25. The van der Waals surface area contributed by atoms with E-state index < -0.39 is 25.8 Å². The van der Waals surface area contributed by atoms with Crippen molar-refractivity contribution >= 4 is 13.6 Å². The number of hydrogen-bond donors (Lipinski definition) is 0. The van der Waals surface area contributed by atoms with Crippen molar-refractivity contribution in [2.24, 2.45) is 11.8 Å². The van der Waals surface area contributed by atoms with Crippen molar-refractivity contribution in [2.45, 2.75) is 19.5 Å². The van der Waals surface area contributed by atoms with Crippen molar-refractivity contribution in [2.75, 3.05) is 14.2 Å². The van der Waals surface area contributed by atoms with E-state index in [9.17, 15) is 18.1 Å². The van der Waals surface area contributed by atoms with E-state index in [-0.39, 0.29) is 12.2 Å². The lowest BCUT2D eigenvalue weighted by Gasteiger charge is -2.20. The second kappa shape index (κ2) is 4.49. The van der Waals surface area contributed by atoms with Crippen LogP contribution in [-0.4, -0.2) is 26.1 Å². The van der Waals surface area contributed by atoms with Gasteiger partial charge >= 0.3 is 13.9 Å². The second-order valence-corrected chi connectivity index (χ2v) is 5.33. The summed E-state index contributed by atoms with van der Waals surface area (Å²) >= 11 is 0. The van der Waals surface area contributed by atoms with Gasteiger partial charge in [0.05, 0.1) is 5.92 Å². The number of Topliss-reactive ketones (excluding diaryl/α,β-unsaturated/α-hetero) is 1. The van der Waals surface area contributed by atoms with Gasteiger partial charge in [0, 0.05) is 20.1 Å². The molecule has 0 N–H and O–H groups in total. The van der Waals surface area contributed by atoms with Gasteiger partial charge in [-0.05, 0) is 13.3 Å². The van der Waals surface area contributed by atoms with E-state index in [1.165, 1.54) is 6.92 Å². The molecule has 0 aromatic rings. The average molecular weight is 258 g/mol. The van der Waals surface area contributed by atoms with Gasteiger partial charge in [0.1, 0.15) is 5.78 Å². The third-order valence-corrected chi connectivity index (χ3v) is 3.79. The van der Waals surface area contributed by atoms with E-state index in [2.05, 4.69) is 13.6 Å². The van der Waals surface area contributed by atoms with Crippen LogP contribution in [0.25, 0.3) is 0 Å². The normalized spacial score (nSPS) is 25.6. The van der Waals surface area contributed by atoms with E-state index in [0.717, 1.165) is 14.2 Å². The first-order chi connectivity index (χ1) is 7.25. The molecular weight excluding hydrogens is 245 g/mol. The minimum atomic E-state index is -4.23. The quantitative estimate of drug-likeness (QED) is 0.683. The van der Waals surface area contributed by atoms with Crippen LogP contribution in [0.1, 0.15) is 13.3 Å². The van der Waals surface area contributed by atoms with Gasteiger partial charge in [-0.25, -0.2) is 9.09 Å². The van der Waals surface area contributed by atoms with Gasteiger partial charge in [0.2, 0.25) is 0 Å². The minimum absolute atomic E-state index is 0.0236. The zero-order chi connectivity index (χ0) is 12.6. The van der Waals surface area contributed by atoms with Crippen molar-refractivity contribution in [3.63, 3.8) is 0 Å². The maximum absolute atomic E-state index is 13.4. The minimum Gasteiger partial charge on any atom is -0.300 e. The highest BCUT2D eigenvalue weighted by Crippen LogP contribution is 2.59. The summed E-state index contributed by atoms with van der Waals surface area (Å²) in [6.07, 6.45) is -3.66. The first-order valence-corrected chi connectivity index (χ1v) is 6.02. The van der Waals surface area contributed by atoms with Crippen LogP contribution >= 0.6 is 7.82 Å². The van der Waals surface area contributed by atoms with E-state index in [1.54, 1.807) is 0 Å². The van der Waals surface area contributed by atoms with Gasteiger partial charge in [-0.15, -0.1) is 0 Å². The summed E-state index contributed by atoms with van der Waals surface area (Å²) in [5, 5.41) is 0. The fourth-order valence-corrected chi connectivity index (χ4v) is 2.11. The zero-order valence-corrected chi connectivity index (χ0v) is 10.0. The summed E-state index contributed by atoms with van der Waals surface area (Å²) in [5.74, 6) is -2.32. The fraction of sp³-hybridized carbons (Fsp3) is 0.875. The topological polar surface area (TPSA) is 61.8 Å². The molecule has 5 nitrogen and oxygen atoms in total. The molecule has 0 aliphatic heterocycles. The molecule has 0 amide bonds. The first kappa shape index (κ1) is 13.7. The molecule has 0 saturated heterocycles. The Labute approximate surface area is 91.7 Å². The van der Waals surface area contributed by atoms with Crippen molar-refractivity contribution in [3.05, 3.63) is 0 Å². The number of rotatable bonds is 6. The van der Waals surface area contributed by atoms with Gasteiger partial charge in [0.15, 0.2) is 0 Å². The Hall–Kier alpha value is -0.360. The van der Waals surface area contributed by atoms with Crippen molar-refractivity contribution in [3.8, 4) is 0 Å². The predicted octanol–water partition coefficient (Wildman–Crippen LogP) is 2.22. The number of phosphoric acid groups is 1. The molecule has 0 aromatic carbocycles. The van der Waals surface area contributed by atoms with E-state index in [0.29, 0.717) is 0 Å². The molecule has 94 valence electrons. The molecule has 0 heterocycles. The summed E-state index contributed by atoms with van der Waals surface area (Å²) < 4.78 is 50.6. The molecule has 1 aliphatic rings. The molecule has 0 bridgehead atoms. The van der Waals surface area contributed by atoms with Crippen LogP contribution in [0.5, 0.6) is 0 Å². The molecule has 1 saturated carbocycles. The Kier molecular flexibility index (Phi) is 3.84. The SMILES string of the molecule is COP(=O)(OC)OC(F)(F)[C@H]1C[C@@H]1C(C)=O. The van der Waals surface area contributed by atoms with Crippen LogP contribution < -0.4 is 0 Å². The second-order valence-electron chi connectivity index (χ2n) is 3.52. The van der Waals surface area contributed by atoms with Crippen LogP contribution in [0, 0.1) is 11.8 Å². The van der Waals surface area contributed by atoms with Crippen LogP contribution in [0.4, 0.5) is 8.78 Å². The van der Waals surface area contributed by atoms with Crippen LogP contribution in [-0.2, 0) is 22.9 Å². The van der Waals surface area contributed by atoms with Crippen LogP contribution in [0.2, 0.25) is 0 Å². The van der Waals surface area contributed by atoms with E-state index >= 15 is 0 Å². The number of carbonyl (C=O) groups is 1. The maximum Gasteiger partial charge on any atom is 0.479 e. The molecule has 16 heavy (non-hydrogen) atoms. The zero-order valence-electron chi connectivity index (χ0n) is 9.11. The Balaban J connectivity index is 2.66. The Morgan fingerprint density at radius 1 is 1.38 bits per heavy atom. The van der Waals surface area contributed by atoms with E-state index in [1.807, 2.05) is 0 Å². The number of carbonyl (C=O) groups excluding carboxylic acids is 1. The van der Waals surface area contributed by atoms with Crippen molar-refractivity contribution in [1.29, 1.82) is 0 Å². The molecule has 0 radical (unpaired) electrons. The monoisotopic (exact) mass is 258 g/mol. The molecule has 1 aliphatic carbocycles. The molecule has 8 heteroatoms. The third-order valence-electron chi connectivity index (χ3n) is 2.43. The molecule has 1 fully saturated rings. The highest BCUT2D eigenvalue weighted by atomic mass is 31.2. The predicted molar refractivity (Wildman–Crippen MR) is 49.9 cm³/mol. The average Bonchev–Trinajstić information content (AvgIpc) is 2.97. The van der Waals surface area contributed by atoms with Crippen molar-refractivity contribution < 1.29 is 31.7 Å². The largest absolute Gasteiger partial charge is 0.479 e. The number of halogens is 2. The molecular formula is C8H13F2O5P. The number of hydrogen-bond acceptors (Lipinski definition) is 5. The van der Waals surface area contributed by atoms with Gasteiger partial charge < -0.3 is 0 Å². The summed E-state index contributed by atoms with van der Waals surface area (Å²) in [4.78, 5) is 10.8. The van der Waals surface area contributed by atoms with Crippen LogP contribution in [0.3, 0.4) is 0 Å². The van der Waals surface area contributed by atoms with Gasteiger partial charge in [-0.3, -0.25) is 13.8 Å². The van der Waals surface area contributed by atoms with Crippen LogP contribution in [0.15, 0.2) is 0 Å². The summed E-state index contributed by atoms with van der Waals surface area (Å²) in [6, 6.07) is 0. The highest BCUT2D eigenvalue weighted by molar-refractivity contribution is 7.48. The fourth-order valence-electron chi connectivity index (χ4n) is 1.38. The Bertz CT molecular complexity index is 324. The summed E-state index contributed by atoms with van der Waals surface area (Å²) in [7, 11) is -2.35.